The van der Waals surface area contributed by atoms with E-state index in [0.717, 1.165) is 17.3 Å². The summed E-state index contributed by atoms with van der Waals surface area (Å²) >= 11 is 3.30. The number of halogens is 2. The van der Waals surface area contributed by atoms with Crippen molar-refractivity contribution < 1.29 is 9.18 Å². The van der Waals surface area contributed by atoms with Gasteiger partial charge in [-0.25, -0.2) is 4.39 Å². The number of benzene rings is 1. The number of rotatable bonds is 6. The minimum absolute atomic E-state index is 0.0303. The standard InChI is InChI=1S/C13H16BrFN2O/c14-10-1-4-12(15)9(7-10)5-6-16-13(18)8-17-11-2-3-11/h1,4,7,11,17H,2-3,5-6,8H2,(H,16,18). The molecule has 1 amide bonds. The topological polar surface area (TPSA) is 41.1 Å². The van der Waals surface area contributed by atoms with Crippen LogP contribution >= 0.6 is 15.9 Å². The van der Waals surface area contributed by atoms with Crippen LogP contribution in [0.2, 0.25) is 0 Å². The molecule has 1 aliphatic rings. The number of carbonyl (C=O) groups is 1. The van der Waals surface area contributed by atoms with Crippen molar-refractivity contribution in [2.75, 3.05) is 13.1 Å². The Bertz CT molecular complexity index is 435. The summed E-state index contributed by atoms with van der Waals surface area (Å²) in [5, 5.41) is 5.91. The van der Waals surface area contributed by atoms with Gasteiger partial charge in [0.2, 0.25) is 5.91 Å². The first kappa shape index (κ1) is 13.5. The van der Waals surface area contributed by atoms with Crippen LogP contribution in [0.5, 0.6) is 0 Å². The van der Waals surface area contributed by atoms with Gasteiger partial charge < -0.3 is 10.6 Å². The molecule has 0 unspecified atom stereocenters. The summed E-state index contributed by atoms with van der Waals surface area (Å²) in [4.78, 5) is 11.4. The van der Waals surface area contributed by atoms with Crippen molar-refractivity contribution in [2.45, 2.75) is 25.3 Å². The fraction of sp³-hybridized carbons (Fsp3) is 0.462. The zero-order chi connectivity index (χ0) is 13.0. The molecule has 18 heavy (non-hydrogen) atoms. The molecule has 2 N–H and O–H groups in total. The largest absolute Gasteiger partial charge is 0.355 e. The highest BCUT2D eigenvalue weighted by Crippen LogP contribution is 2.18. The van der Waals surface area contributed by atoms with E-state index in [1.165, 1.54) is 6.07 Å². The Morgan fingerprint density at radius 3 is 2.94 bits per heavy atom. The van der Waals surface area contributed by atoms with Crippen LogP contribution < -0.4 is 10.6 Å². The van der Waals surface area contributed by atoms with Crippen LogP contribution in [-0.4, -0.2) is 25.0 Å². The predicted octanol–water partition coefficient (Wildman–Crippen LogP) is 2.00. The van der Waals surface area contributed by atoms with Gasteiger partial charge in [0, 0.05) is 17.1 Å². The van der Waals surface area contributed by atoms with Crippen molar-refractivity contribution in [2.24, 2.45) is 0 Å². The number of amides is 1. The average Bonchev–Trinajstić information content (AvgIpc) is 3.15. The van der Waals surface area contributed by atoms with E-state index < -0.39 is 0 Å². The minimum atomic E-state index is -0.233. The fourth-order valence-electron chi connectivity index (χ4n) is 1.66. The summed E-state index contributed by atoms with van der Waals surface area (Å²) in [5.74, 6) is -0.263. The lowest BCUT2D eigenvalue weighted by Gasteiger charge is -2.07. The maximum Gasteiger partial charge on any atom is 0.233 e. The minimum Gasteiger partial charge on any atom is -0.355 e. The molecule has 3 nitrogen and oxygen atoms in total. The molecule has 0 spiro atoms. The summed E-state index contributed by atoms with van der Waals surface area (Å²) < 4.78 is 14.3. The first-order chi connectivity index (χ1) is 8.65. The van der Waals surface area contributed by atoms with Crippen LogP contribution in [0.15, 0.2) is 22.7 Å². The molecule has 1 aromatic carbocycles. The van der Waals surface area contributed by atoms with Gasteiger partial charge in [0.1, 0.15) is 5.82 Å². The molecule has 0 aliphatic heterocycles. The quantitative estimate of drug-likeness (QED) is 0.843. The summed E-state index contributed by atoms with van der Waals surface area (Å²) in [6, 6.07) is 5.36. The summed E-state index contributed by atoms with van der Waals surface area (Å²) in [6.45, 7) is 0.810. The third-order valence-corrected chi connectivity index (χ3v) is 3.35. The van der Waals surface area contributed by atoms with Gasteiger partial charge in [-0.05, 0) is 43.0 Å². The van der Waals surface area contributed by atoms with Gasteiger partial charge in [-0.1, -0.05) is 15.9 Å². The highest BCUT2D eigenvalue weighted by molar-refractivity contribution is 9.10. The molecule has 0 atom stereocenters. The van der Waals surface area contributed by atoms with Crippen LogP contribution in [-0.2, 0) is 11.2 Å². The number of hydrogen-bond donors (Lipinski definition) is 2. The second-order valence-electron chi connectivity index (χ2n) is 4.49. The summed E-state index contributed by atoms with van der Waals surface area (Å²) in [6.07, 6.45) is 2.83. The lowest BCUT2D eigenvalue weighted by molar-refractivity contribution is -0.120. The molecule has 1 aromatic rings. The Kier molecular flexibility index (Phi) is 4.72. The molecule has 1 aliphatic carbocycles. The highest BCUT2D eigenvalue weighted by atomic mass is 79.9. The van der Waals surface area contributed by atoms with E-state index in [2.05, 4.69) is 26.6 Å². The first-order valence-corrected chi connectivity index (χ1v) is 6.88. The van der Waals surface area contributed by atoms with Gasteiger partial charge in [0.25, 0.3) is 0 Å². The number of hydrogen-bond acceptors (Lipinski definition) is 2. The van der Waals surface area contributed by atoms with E-state index >= 15 is 0 Å². The van der Waals surface area contributed by atoms with E-state index in [9.17, 15) is 9.18 Å². The molecule has 1 saturated carbocycles. The molecule has 1 fully saturated rings. The maximum atomic E-state index is 13.4. The van der Waals surface area contributed by atoms with Crippen molar-refractivity contribution in [1.29, 1.82) is 0 Å². The maximum absolute atomic E-state index is 13.4. The lowest BCUT2D eigenvalue weighted by Crippen LogP contribution is -2.35. The molecule has 5 heteroatoms. The van der Waals surface area contributed by atoms with Gasteiger partial charge in [-0.15, -0.1) is 0 Å². The molecule has 0 bridgehead atoms. The second kappa shape index (κ2) is 6.29. The van der Waals surface area contributed by atoms with Crippen LogP contribution in [0, 0.1) is 5.82 Å². The number of nitrogens with one attached hydrogen (secondary N) is 2. The molecule has 0 radical (unpaired) electrons. The Hall–Kier alpha value is -0.940. The van der Waals surface area contributed by atoms with Crippen LogP contribution in [0.4, 0.5) is 4.39 Å². The normalized spacial score (nSPS) is 14.6. The van der Waals surface area contributed by atoms with Crippen molar-refractivity contribution in [3.05, 3.63) is 34.1 Å². The fourth-order valence-corrected chi connectivity index (χ4v) is 2.07. The van der Waals surface area contributed by atoms with Gasteiger partial charge in [-0.3, -0.25) is 4.79 Å². The van der Waals surface area contributed by atoms with Crippen molar-refractivity contribution >= 4 is 21.8 Å². The van der Waals surface area contributed by atoms with E-state index in [0.29, 0.717) is 31.1 Å². The first-order valence-electron chi connectivity index (χ1n) is 6.09. The molecular weight excluding hydrogens is 299 g/mol. The van der Waals surface area contributed by atoms with E-state index in [4.69, 9.17) is 0 Å². The van der Waals surface area contributed by atoms with Gasteiger partial charge in [0.05, 0.1) is 6.54 Å². The highest BCUT2D eigenvalue weighted by Gasteiger charge is 2.20. The number of carbonyl (C=O) groups excluding carboxylic acids is 1. The van der Waals surface area contributed by atoms with Crippen LogP contribution in [0.1, 0.15) is 18.4 Å². The predicted molar refractivity (Wildman–Crippen MR) is 71.8 cm³/mol. The molecule has 2 rings (SSSR count). The molecular formula is C13H16BrFN2O. The third kappa shape index (κ3) is 4.38. The third-order valence-electron chi connectivity index (χ3n) is 2.85. The smallest absolute Gasteiger partial charge is 0.233 e. The lowest BCUT2D eigenvalue weighted by atomic mass is 10.1. The zero-order valence-corrected chi connectivity index (χ0v) is 11.6. The van der Waals surface area contributed by atoms with Crippen LogP contribution in [0.25, 0.3) is 0 Å². The zero-order valence-electron chi connectivity index (χ0n) is 10.0. The second-order valence-corrected chi connectivity index (χ2v) is 5.41. The Morgan fingerprint density at radius 2 is 2.22 bits per heavy atom. The van der Waals surface area contributed by atoms with Gasteiger partial charge >= 0.3 is 0 Å². The molecule has 98 valence electrons. The van der Waals surface area contributed by atoms with Crippen molar-refractivity contribution in [1.82, 2.24) is 10.6 Å². The summed E-state index contributed by atoms with van der Waals surface area (Å²) in [5.41, 5.74) is 0.611. The van der Waals surface area contributed by atoms with E-state index in [-0.39, 0.29) is 11.7 Å². The van der Waals surface area contributed by atoms with E-state index in [1.54, 1.807) is 12.1 Å². The SMILES string of the molecule is O=C(CNC1CC1)NCCc1cc(Br)ccc1F. The molecule has 0 saturated heterocycles. The van der Waals surface area contributed by atoms with Crippen LogP contribution in [0.3, 0.4) is 0 Å². The van der Waals surface area contributed by atoms with E-state index in [1.807, 2.05) is 0 Å². The monoisotopic (exact) mass is 314 g/mol. The Morgan fingerprint density at radius 1 is 1.44 bits per heavy atom. The Labute approximate surface area is 114 Å². The average molecular weight is 315 g/mol. The van der Waals surface area contributed by atoms with Crippen molar-refractivity contribution in [3.63, 3.8) is 0 Å². The summed E-state index contributed by atoms with van der Waals surface area (Å²) in [7, 11) is 0. The van der Waals surface area contributed by atoms with Gasteiger partial charge in [-0.2, -0.15) is 0 Å². The molecule has 0 aromatic heterocycles. The van der Waals surface area contributed by atoms with Gasteiger partial charge in [0.15, 0.2) is 0 Å². The Balaban J connectivity index is 1.70. The van der Waals surface area contributed by atoms with Crippen molar-refractivity contribution in [3.8, 4) is 0 Å². The molecule has 0 heterocycles.